The molecule has 1 N–H and O–H groups in total. The van der Waals surface area contributed by atoms with Gasteiger partial charge in [0.15, 0.2) is 11.6 Å². The van der Waals surface area contributed by atoms with Crippen LogP contribution in [0.4, 0.5) is 16.2 Å². The second-order valence-electron chi connectivity index (χ2n) is 6.93. The van der Waals surface area contributed by atoms with Gasteiger partial charge in [0.05, 0.1) is 25.6 Å². The first kappa shape index (κ1) is 22.3. The molecule has 3 aromatic rings. The highest BCUT2D eigenvalue weighted by atomic mass is 35.5. The van der Waals surface area contributed by atoms with Crippen molar-refractivity contribution in [2.45, 2.75) is 6.61 Å². The maximum atomic E-state index is 14.1. The largest absolute Gasteiger partial charge is 0.489 e. The molecule has 32 heavy (non-hydrogen) atoms. The molecule has 0 amide bonds. The van der Waals surface area contributed by atoms with Crippen molar-refractivity contribution >= 4 is 41.2 Å². The summed E-state index contributed by atoms with van der Waals surface area (Å²) in [4.78, 5) is 9.99. The van der Waals surface area contributed by atoms with Crippen LogP contribution >= 0.6 is 23.2 Å². The normalized spacial score (nSPS) is 14.0. The van der Waals surface area contributed by atoms with Crippen LogP contribution in [0.5, 0.6) is 5.75 Å². The molecule has 0 spiro atoms. The first-order valence-corrected chi connectivity index (χ1v) is 10.7. The minimum atomic E-state index is -0.475. The Morgan fingerprint density at radius 3 is 2.69 bits per heavy atom. The number of benzene rings is 2. The molecule has 166 valence electrons. The number of halogens is 3. The van der Waals surface area contributed by atoms with E-state index < -0.39 is 5.82 Å². The maximum Gasteiger partial charge on any atom is 0.245 e. The number of aromatic nitrogens is 2. The number of anilines is 2. The zero-order chi connectivity index (χ0) is 22.3. The zero-order valence-electron chi connectivity index (χ0n) is 17.0. The summed E-state index contributed by atoms with van der Waals surface area (Å²) in [7, 11) is 0. The van der Waals surface area contributed by atoms with Crippen molar-refractivity contribution in [1.82, 2.24) is 9.97 Å². The first-order chi connectivity index (χ1) is 15.6. The standard InChI is InChI=1S/C22H20Cl2FN5O2/c23-17-4-3-16(19(24)11-17)14-32-18-5-1-15(2-6-18)12-27-29-22-26-13-20(25)21(28-22)30-7-9-31-10-8-30/h1-6,11-13H,7-10,14H2,(H,26,28,29)/b27-12-. The predicted molar refractivity (Wildman–Crippen MR) is 123 cm³/mol. The average molecular weight is 476 g/mol. The van der Waals surface area contributed by atoms with Gasteiger partial charge in [-0.15, -0.1) is 0 Å². The molecule has 10 heteroatoms. The highest BCUT2D eigenvalue weighted by Crippen LogP contribution is 2.23. The second-order valence-corrected chi connectivity index (χ2v) is 7.77. The maximum absolute atomic E-state index is 14.1. The zero-order valence-corrected chi connectivity index (χ0v) is 18.5. The smallest absolute Gasteiger partial charge is 0.245 e. The second kappa shape index (κ2) is 10.6. The number of hydrazone groups is 1. The predicted octanol–water partition coefficient (Wildman–Crippen LogP) is 4.78. The lowest BCUT2D eigenvalue weighted by molar-refractivity contribution is 0.122. The van der Waals surface area contributed by atoms with Gasteiger partial charge in [-0.05, 0) is 42.0 Å². The fourth-order valence-electron chi connectivity index (χ4n) is 3.02. The molecular weight excluding hydrogens is 456 g/mol. The molecule has 4 rings (SSSR count). The van der Waals surface area contributed by atoms with Crippen LogP contribution in [-0.4, -0.2) is 42.5 Å². The van der Waals surface area contributed by atoms with E-state index in [9.17, 15) is 4.39 Å². The Morgan fingerprint density at radius 2 is 1.94 bits per heavy atom. The van der Waals surface area contributed by atoms with Gasteiger partial charge in [0.2, 0.25) is 5.95 Å². The van der Waals surface area contributed by atoms with Gasteiger partial charge in [-0.2, -0.15) is 10.1 Å². The molecule has 0 saturated carbocycles. The quantitative estimate of drug-likeness (QED) is 0.391. The molecule has 2 heterocycles. The molecule has 1 saturated heterocycles. The summed E-state index contributed by atoms with van der Waals surface area (Å²) in [6, 6.07) is 12.7. The minimum absolute atomic E-state index is 0.212. The van der Waals surface area contributed by atoms with E-state index in [1.165, 1.54) is 0 Å². The van der Waals surface area contributed by atoms with Crippen molar-refractivity contribution < 1.29 is 13.9 Å². The molecule has 0 unspecified atom stereocenters. The van der Waals surface area contributed by atoms with Crippen LogP contribution < -0.4 is 15.1 Å². The van der Waals surface area contributed by atoms with Gasteiger partial charge >= 0.3 is 0 Å². The minimum Gasteiger partial charge on any atom is -0.489 e. The number of morpholine rings is 1. The number of rotatable bonds is 7. The van der Waals surface area contributed by atoms with Gasteiger partial charge in [0.1, 0.15) is 12.4 Å². The number of nitrogens with zero attached hydrogens (tertiary/aromatic N) is 4. The van der Waals surface area contributed by atoms with E-state index >= 15 is 0 Å². The summed E-state index contributed by atoms with van der Waals surface area (Å²) in [5, 5.41) is 5.28. The Bertz CT molecular complexity index is 1090. The van der Waals surface area contributed by atoms with E-state index in [-0.39, 0.29) is 11.8 Å². The summed E-state index contributed by atoms with van der Waals surface area (Å²) in [6.45, 7) is 2.57. The van der Waals surface area contributed by atoms with Crippen LogP contribution in [0.25, 0.3) is 0 Å². The Balaban J connectivity index is 1.33. The number of hydrogen-bond acceptors (Lipinski definition) is 7. The number of nitrogens with one attached hydrogen (secondary N) is 1. The van der Waals surface area contributed by atoms with Crippen LogP contribution in [-0.2, 0) is 11.3 Å². The highest BCUT2D eigenvalue weighted by molar-refractivity contribution is 6.35. The third-order valence-electron chi connectivity index (χ3n) is 4.70. The Morgan fingerprint density at radius 1 is 1.16 bits per heavy atom. The topological polar surface area (TPSA) is 71.9 Å². The molecule has 1 fully saturated rings. The van der Waals surface area contributed by atoms with Gasteiger partial charge in [0.25, 0.3) is 0 Å². The van der Waals surface area contributed by atoms with Crippen LogP contribution in [0.2, 0.25) is 10.0 Å². The fraction of sp³-hybridized carbons (Fsp3) is 0.227. The van der Waals surface area contributed by atoms with Crippen LogP contribution in [0.3, 0.4) is 0 Å². The van der Waals surface area contributed by atoms with Crippen molar-refractivity contribution in [2.75, 3.05) is 36.6 Å². The molecular formula is C22H20Cl2FN5O2. The molecule has 0 radical (unpaired) electrons. The summed E-state index contributed by atoms with van der Waals surface area (Å²) >= 11 is 12.1. The van der Waals surface area contributed by atoms with Crippen LogP contribution in [0.1, 0.15) is 11.1 Å². The van der Waals surface area contributed by atoms with E-state index in [0.717, 1.165) is 17.3 Å². The van der Waals surface area contributed by atoms with Gasteiger partial charge in [-0.3, -0.25) is 0 Å². The molecule has 7 nitrogen and oxygen atoms in total. The molecule has 0 atom stereocenters. The SMILES string of the molecule is Fc1cnc(N/N=C\c2ccc(OCc3ccc(Cl)cc3Cl)cc2)nc1N1CCOCC1. The van der Waals surface area contributed by atoms with Gasteiger partial charge in [0, 0.05) is 28.7 Å². The molecule has 1 aliphatic rings. The lowest BCUT2D eigenvalue weighted by atomic mass is 10.2. The fourth-order valence-corrected chi connectivity index (χ4v) is 3.49. The molecule has 0 bridgehead atoms. The summed E-state index contributed by atoms with van der Waals surface area (Å²) in [5.41, 5.74) is 4.42. The average Bonchev–Trinajstić information content (AvgIpc) is 2.81. The van der Waals surface area contributed by atoms with Crippen molar-refractivity contribution in [3.8, 4) is 5.75 Å². The highest BCUT2D eigenvalue weighted by Gasteiger charge is 2.17. The van der Waals surface area contributed by atoms with E-state index in [2.05, 4.69) is 20.5 Å². The Labute approximate surface area is 194 Å². The lowest BCUT2D eigenvalue weighted by Gasteiger charge is -2.27. The number of hydrogen-bond donors (Lipinski definition) is 1. The Kier molecular flexibility index (Phi) is 7.36. The van der Waals surface area contributed by atoms with Crippen LogP contribution in [0, 0.1) is 5.82 Å². The van der Waals surface area contributed by atoms with Crippen molar-refractivity contribution in [2.24, 2.45) is 5.10 Å². The molecule has 0 aliphatic carbocycles. The summed E-state index contributed by atoms with van der Waals surface area (Å²) < 4.78 is 25.2. The van der Waals surface area contributed by atoms with E-state index in [1.807, 2.05) is 35.2 Å². The van der Waals surface area contributed by atoms with Gasteiger partial charge < -0.3 is 14.4 Å². The van der Waals surface area contributed by atoms with Crippen LogP contribution in [0.15, 0.2) is 53.8 Å². The summed E-state index contributed by atoms with van der Waals surface area (Å²) in [5.74, 6) is 0.669. The number of ether oxygens (including phenoxy) is 2. The van der Waals surface area contributed by atoms with Gasteiger partial charge in [-0.1, -0.05) is 29.3 Å². The van der Waals surface area contributed by atoms with E-state index in [0.29, 0.717) is 48.7 Å². The van der Waals surface area contributed by atoms with Crippen molar-refractivity contribution in [1.29, 1.82) is 0 Å². The molecule has 1 aromatic heterocycles. The third-order valence-corrected chi connectivity index (χ3v) is 5.29. The third kappa shape index (κ3) is 5.85. The first-order valence-electron chi connectivity index (χ1n) is 9.89. The monoisotopic (exact) mass is 475 g/mol. The van der Waals surface area contributed by atoms with E-state index in [1.54, 1.807) is 18.3 Å². The van der Waals surface area contributed by atoms with E-state index in [4.69, 9.17) is 32.7 Å². The molecule has 2 aromatic carbocycles. The van der Waals surface area contributed by atoms with Gasteiger partial charge in [-0.25, -0.2) is 14.8 Å². The van der Waals surface area contributed by atoms with Crippen molar-refractivity contribution in [3.05, 3.63) is 75.7 Å². The van der Waals surface area contributed by atoms with Crippen molar-refractivity contribution in [3.63, 3.8) is 0 Å². The molecule has 1 aliphatic heterocycles. The lowest BCUT2D eigenvalue weighted by Crippen LogP contribution is -2.37. The summed E-state index contributed by atoms with van der Waals surface area (Å²) in [6.07, 6.45) is 2.75. The Hall–Kier alpha value is -2.94.